The highest BCUT2D eigenvalue weighted by Crippen LogP contribution is 2.38. The first-order valence-electron chi connectivity index (χ1n) is 18.7. The van der Waals surface area contributed by atoms with E-state index in [0.717, 1.165) is 12.1 Å². The summed E-state index contributed by atoms with van der Waals surface area (Å²) in [5.41, 5.74) is -1.14. The highest BCUT2D eigenvalue weighted by molar-refractivity contribution is 6.35. The van der Waals surface area contributed by atoms with E-state index in [1.165, 1.54) is 67.5 Å². The van der Waals surface area contributed by atoms with Crippen molar-refractivity contribution in [3.05, 3.63) is 128 Å². The van der Waals surface area contributed by atoms with Crippen molar-refractivity contribution in [2.24, 2.45) is 0 Å². The number of nitrogens with one attached hydrogen (secondary N) is 1. The number of hydrogen-bond donors (Lipinski definition) is 3. The van der Waals surface area contributed by atoms with Crippen molar-refractivity contribution in [3.63, 3.8) is 0 Å². The fourth-order valence-corrected chi connectivity index (χ4v) is 6.37. The Morgan fingerprint density at radius 3 is 1.82 bits per heavy atom. The number of aliphatic carboxylic acids is 1. The van der Waals surface area contributed by atoms with Crippen molar-refractivity contribution in [2.75, 3.05) is 26.9 Å². The average molecular weight is 861 g/mol. The van der Waals surface area contributed by atoms with E-state index in [4.69, 9.17) is 21.1 Å². The number of aliphatic hydroxyl groups is 1. The first-order chi connectivity index (χ1) is 28.0. The molecule has 0 aromatic heterocycles. The van der Waals surface area contributed by atoms with Crippen LogP contribution >= 0.6 is 11.6 Å². The molecule has 4 aromatic carbocycles. The summed E-state index contributed by atoms with van der Waals surface area (Å²) < 4.78 is 95.5. The van der Waals surface area contributed by atoms with E-state index < -0.39 is 53.3 Å². The number of amides is 1. The average Bonchev–Trinajstić information content (AvgIpc) is 3.16. The maximum Gasteiger partial charge on any atom is 0.416 e. The van der Waals surface area contributed by atoms with Crippen LogP contribution in [0.15, 0.2) is 72.8 Å². The van der Waals surface area contributed by atoms with Gasteiger partial charge in [0.2, 0.25) is 0 Å². The van der Waals surface area contributed by atoms with Crippen LogP contribution in [0.1, 0.15) is 77.8 Å². The van der Waals surface area contributed by atoms with Crippen LogP contribution in [0.5, 0.6) is 0 Å². The van der Waals surface area contributed by atoms with Crippen molar-refractivity contribution in [3.8, 4) is 11.1 Å². The number of alkyl halides is 6. The molecule has 1 amide bonds. The number of ether oxygens (including phenoxy) is 2. The zero-order valence-corrected chi connectivity index (χ0v) is 34.6. The standard InChI is InChI=1S/C45H47ClF6N2O6/c1-28-31(15-17-33-23-29(13-19-37(33)44(47,48)49)25-53-43(5,27-55)40(56)57)9-7-11-35(28)36-12-8-10-32(39(36)46)16-18-34-24-30(14-20-38(34)45(50,51)52)26-54(21-22-59-6)41(58)60-42(2,3)4/h7-20,23-24,53,55H,21-22,25-27H2,1-6H3,(H,56,57)/b17-15+,18-16+. The molecule has 8 nitrogen and oxygen atoms in total. The molecule has 0 saturated carbocycles. The third-order valence-electron chi connectivity index (χ3n) is 9.48. The van der Waals surface area contributed by atoms with E-state index in [1.807, 2.05) is 0 Å². The second-order valence-electron chi connectivity index (χ2n) is 15.3. The van der Waals surface area contributed by atoms with Gasteiger partial charge in [-0.2, -0.15) is 26.3 Å². The van der Waals surface area contributed by atoms with Crippen LogP contribution < -0.4 is 5.32 Å². The van der Waals surface area contributed by atoms with Gasteiger partial charge in [0.15, 0.2) is 0 Å². The summed E-state index contributed by atoms with van der Waals surface area (Å²) in [6, 6.07) is 17.2. The highest BCUT2D eigenvalue weighted by Gasteiger charge is 2.35. The summed E-state index contributed by atoms with van der Waals surface area (Å²) in [7, 11) is 1.46. The van der Waals surface area contributed by atoms with Crippen molar-refractivity contribution >= 4 is 48.0 Å². The van der Waals surface area contributed by atoms with Gasteiger partial charge in [-0.05, 0) is 103 Å². The molecular weight excluding hydrogens is 814 g/mol. The quantitative estimate of drug-likeness (QED) is 0.0807. The molecule has 0 heterocycles. The number of nitrogens with zero attached hydrogens (tertiary/aromatic N) is 1. The van der Waals surface area contributed by atoms with Crippen LogP contribution in [-0.4, -0.2) is 65.2 Å². The lowest BCUT2D eigenvalue weighted by molar-refractivity contribution is -0.146. The van der Waals surface area contributed by atoms with Gasteiger partial charge in [-0.3, -0.25) is 10.1 Å². The van der Waals surface area contributed by atoms with Crippen molar-refractivity contribution < 1.29 is 55.6 Å². The lowest BCUT2D eigenvalue weighted by Gasteiger charge is -2.27. The Morgan fingerprint density at radius 1 is 0.767 bits per heavy atom. The minimum atomic E-state index is -4.70. The fraction of sp³-hybridized carbons (Fsp3) is 0.333. The number of hydrogen-bond acceptors (Lipinski definition) is 6. The van der Waals surface area contributed by atoms with Crippen LogP contribution in [0.3, 0.4) is 0 Å². The number of carbonyl (C=O) groups is 2. The fourth-order valence-electron chi connectivity index (χ4n) is 6.08. The Kier molecular flexibility index (Phi) is 15.4. The molecule has 0 spiro atoms. The zero-order valence-electron chi connectivity index (χ0n) is 33.9. The third-order valence-corrected chi connectivity index (χ3v) is 9.91. The number of aliphatic hydroxyl groups excluding tert-OH is 1. The number of benzene rings is 4. The minimum absolute atomic E-state index is 0.0470. The summed E-state index contributed by atoms with van der Waals surface area (Å²) in [4.78, 5) is 25.9. The van der Waals surface area contributed by atoms with Gasteiger partial charge in [-0.15, -0.1) is 0 Å². The summed E-state index contributed by atoms with van der Waals surface area (Å²) in [5.74, 6) is -1.32. The Labute approximate surface area is 350 Å². The summed E-state index contributed by atoms with van der Waals surface area (Å²) in [5, 5.41) is 21.9. The highest BCUT2D eigenvalue weighted by atomic mass is 35.5. The van der Waals surface area contributed by atoms with Gasteiger partial charge >= 0.3 is 24.4 Å². The van der Waals surface area contributed by atoms with Gasteiger partial charge in [-0.25, -0.2) is 4.79 Å². The van der Waals surface area contributed by atoms with Crippen LogP contribution in [0.2, 0.25) is 5.02 Å². The van der Waals surface area contributed by atoms with Gasteiger partial charge in [0.1, 0.15) is 11.1 Å². The first-order valence-corrected chi connectivity index (χ1v) is 19.1. The van der Waals surface area contributed by atoms with Crippen molar-refractivity contribution in [1.82, 2.24) is 10.2 Å². The van der Waals surface area contributed by atoms with E-state index in [-0.39, 0.29) is 42.4 Å². The van der Waals surface area contributed by atoms with Gasteiger partial charge in [0.25, 0.3) is 0 Å². The van der Waals surface area contributed by atoms with Crippen LogP contribution in [0.25, 0.3) is 35.4 Å². The molecule has 0 radical (unpaired) electrons. The second kappa shape index (κ2) is 19.5. The van der Waals surface area contributed by atoms with Gasteiger partial charge in [-0.1, -0.05) is 84.4 Å². The van der Waals surface area contributed by atoms with Gasteiger partial charge in [0, 0.05) is 32.3 Å². The summed E-state index contributed by atoms with van der Waals surface area (Å²) in [6.45, 7) is 7.52. The number of methoxy groups -OCH3 is 1. The Balaban J connectivity index is 1.68. The molecule has 3 N–H and O–H groups in total. The Morgan fingerprint density at radius 2 is 1.28 bits per heavy atom. The minimum Gasteiger partial charge on any atom is -0.480 e. The molecule has 1 atom stereocenters. The SMILES string of the molecule is COCCN(Cc1ccc(C(F)(F)F)c(/C=C/c2cccc(-c3cccc(/C=C/c4cc(CNC(C)(CO)C(=O)O)ccc4C(F)(F)F)c3C)c2Cl)c1)C(=O)OC(C)(C)C. The molecule has 4 aromatic rings. The molecule has 322 valence electrons. The summed E-state index contributed by atoms with van der Waals surface area (Å²) in [6.07, 6.45) is -4.48. The molecule has 1 unspecified atom stereocenters. The molecule has 60 heavy (non-hydrogen) atoms. The van der Waals surface area contributed by atoms with Gasteiger partial charge < -0.3 is 24.6 Å². The molecule has 15 heteroatoms. The largest absolute Gasteiger partial charge is 0.480 e. The molecule has 0 fully saturated rings. The molecule has 0 saturated heterocycles. The smallest absolute Gasteiger partial charge is 0.416 e. The lowest BCUT2D eigenvalue weighted by atomic mass is 9.94. The molecule has 0 aliphatic heterocycles. The maximum atomic E-state index is 14.2. The predicted octanol–water partition coefficient (Wildman–Crippen LogP) is 11.0. The first kappa shape index (κ1) is 47.5. The Bertz CT molecular complexity index is 2230. The Hall–Kier alpha value is -5.15. The van der Waals surface area contributed by atoms with E-state index in [0.29, 0.717) is 38.9 Å². The summed E-state index contributed by atoms with van der Waals surface area (Å²) >= 11 is 6.91. The number of halogens is 7. The number of carbonyl (C=O) groups excluding carboxylic acids is 1. The monoisotopic (exact) mass is 860 g/mol. The van der Waals surface area contributed by atoms with Gasteiger partial charge in [0.05, 0.1) is 29.4 Å². The van der Waals surface area contributed by atoms with Crippen molar-refractivity contribution in [2.45, 2.75) is 71.2 Å². The third kappa shape index (κ3) is 12.4. The molecule has 0 aliphatic carbocycles. The number of carboxylic acids is 1. The zero-order chi connectivity index (χ0) is 44.6. The topological polar surface area (TPSA) is 108 Å². The van der Waals surface area contributed by atoms with E-state index >= 15 is 0 Å². The molecule has 4 rings (SSSR count). The number of rotatable bonds is 15. The molecule has 0 aliphatic rings. The maximum absolute atomic E-state index is 14.2. The van der Waals surface area contributed by atoms with E-state index in [1.54, 1.807) is 64.1 Å². The molecule has 0 bridgehead atoms. The normalized spacial score (nSPS) is 13.5. The number of carboxylic acid groups (broad SMARTS) is 1. The predicted molar refractivity (Wildman–Crippen MR) is 221 cm³/mol. The van der Waals surface area contributed by atoms with E-state index in [2.05, 4.69) is 5.32 Å². The van der Waals surface area contributed by atoms with E-state index in [9.17, 15) is 46.1 Å². The van der Waals surface area contributed by atoms with Crippen LogP contribution in [-0.2, 0) is 39.7 Å². The van der Waals surface area contributed by atoms with Crippen LogP contribution in [0.4, 0.5) is 31.1 Å². The second-order valence-corrected chi connectivity index (χ2v) is 15.7. The lowest BCUT2D eigenvalue weighted by Crippen LogP contribution is -2.52. The van der Waals surface area contributed by atoms with Crippen LogP contribution in [0, 0.1) is 6.92 Å². The van der Waals surface area contributed by atoms with Crippen molar-refractivity contribution in [1.29, 1.82) is 0 Å². The molecular formula is C45H47ClF6N2O6.